The number of alkyl halides is 3. The lowest BCUT2D eigenvalue weighted by Crippen LogP contribution is -2.44. The molecule has 2 amide bonds. The summed E-state index contributed by atoms with van der Waals surface area (Å²) in [7, 11) is 0. The van der Waals surface area contributed by atoms with Gasteiger partial charge < -0.3 is 14.6 Å². The van der Waals surface area contributed by atoms with E-state index in [9.17, 15) is 22.8 Å². The molecule has 1 N–H and O–H groups in total. The Hall–Kier alpha value is -3.62. The molecular weight excluding hydrogens is 447 g/mol. The summed E-state index contributed by atoms with van der Waals surface area (Å²) in [5.41, 5.74) is 2.41. The van der Waals surface area contributed by atoms with Gasteiger partial charge in [-0.2, -0.15) is 13.2 Å². The molecule has 0 bridgehead atoms. The number of likely N-dealkylation sites (tertiary alicyclic amines) is 1. The van der Waals surface area contributed by atoms with Gasteiger partial charge in [-0.1, -0.05) is 42.5 Å². The SMILES string of the molecule is O=C(Cc1ccccc1)NCc1ccc(-c2nc(C(=O)N3CCCC(C(F)(F)F)C3)co2)cc1. The van der Waals surface area contributed by atoms with Gasteiger partial charge in [0.15, 0.2) is 5.69 Å². The zero-order valence-electron chi connectivity index (χ0n) is 18.3. The highest BCUT2D eigenvalue weighted by atomic mass is 19.4. The molecule has 9 heteroatoms. The van der Waals surface area contributed by atoms with Crippen molar-refractivity contribution in [1.82, 2.24) is 15.2 Å². The molecule has 178 valence electrons. The van der Waals surface area contributed by atoms with Gasteiger partial charge in [0.25, 0.3) is 5.91 Å². The van der Waals surface area contributed by atoms with E-state index in [0.29, 0.717) is 24.9 Å². The molecule has 1 unspecified atom stereocenters. The highest BCUT2D eigenvalue weighted by Crippen LogP contribution is 2.33. The van der Waals surface area contributed by atoms with Crippen LogP contribution in [0.15, 0.2) is 65.3 Å². The summed E-state index contributed by atoms with van der Waals surface area (Å²) in [5.74, 6) is -1.97. The van der Waals surface area contributed by atoms with Crippen molar-refractivity contribution in [1.29, 1.82) is 0 Å². The monoisotopic (exact) mass is 471 g/mol. The minimum atomic E-state index is -4.32. The number of rotatable bonds is 6. The van der Waals surface area contributed by atoms with E-state index in [1.165, 1.54) is 11.2 Å². The molecule has 2 heterocycles. The van der Waals surface area contributed by atoms with E-state index in [1.54, 1.807) is 12.1 Å². The minimum absolute atomic E-state index is 0.0184. The van der Waals surface area contributed by atoms with Crippen LogP contribution in [0.25, 0.3) is 11.5 Å². The summed E-state index contributed by atoms with van der Waals surface area (Å²) in [5, 5.41) is 2.87. The third kappa shape index (κ3) is 5.84. The fraction of sp³-hybridized carbons (Fsp3) is 0.320. The summed E-state index contributed by atoms with van der Waals surface area (Å²) >= 11 is 0. The Morgan fingerprint density at radius 1 is 1.06 bits per heavy atom. The maximum Gasteiger partial charge on any atom is 0.393 e. The Morgan fingerprint density at radius 2 is 1.79 bits per heavy atom. The van der Waals surface area contributed by atoms with Gasteiger partial charge in [-0.15, -0.1) is 0 Å². The van der Waals surface area contributed by atoms with Gasteiger partial charge in [0.2, 0.25) is 11.8 Å². The Bertz CT molecular complexity index is 1130. The van der Waals surface area contributed by atoms with Crippen molar-refractivity contribution in [2.75, 3.05) is 13.1 Å². The second-order valence-electron chi connectivity index (χ2n) is 8.31. The molecule has 6 nitrogen and oxygen atoms in total. The van der Waals surface area contributed by atoms with Gasteiger partial charge >= 0.3 is 6.18 Å². The van der Waals surface area contributed by atoms with E-state index in [4.69, 9.17) is 4.42 Å². The van der Waals surface area contributed by atoms with Crippen LogP contribution in [0.1, 0.15) is 34.5 Å². The fourth-order valence-electron chi connectivity index (χ4n) is 3.90. The molecule has 1 fully saturated rings. The predicted octanol–water partition coefficient (Wildman–Crippen LogP) is 4.62. The topological polar surface area (TPSA) is 75.4 Å². The van der Waals surface area contributed by atoms with Gasteiger partial charge in [0.1, 0.15) is 6.26 Å². The van der Waals surface area contributed by atoms with E-state index < -0.39 is 18.0 Å². The first-order chi connectivity index (χ1) is 16.3. The van der Waals surface area contributed by atoms with Crippen LogP contribution in [-0.2, 0) is 17.8 Å². The Balaban J connectivity index is 1.33. The molecule has 3 aromatic rings. The van der Waals surface area contributed by atoms with Crippen LogP contribution in [0.5, 0.6) is 0 Å². The summed E-state index contributed by atoms with van der Waals surface area (Å²) in [6.07, 6.45) is -2.53. The first-order valence-corrected chi connectivity index (χ1v) is 11.0. The number of piperidine rings is 1. The molecule has 0 saturated carbocycles. The van der Waals surface area contributed by atoms with E-state index >= 15 is 0 Å². The third-order valence-corrected chi connectivity index (χ3v) is 5.79. The number of amides is 2. The van der Waals surface area contributed by atoms with Crippen molar-refractivity contribution in [2.45, 2.75) is 32.0 Å². The Kier molecular flexibility index (Phi) is 7.00. The number of nitrogens with zero attached hydrogens (tertiary/aromatic N) is 2. The molecular formula is C25H24F3N3O3. The molecule has 4 rings (SSSR count). The van der Waals surface area contributed by atoms with Gasteiger partial charge in [0, 0.05) is 25.2 Å². The van der Waals surface area contributed by atoms with Crippen LogP contribution in [0.2, 0.25) is 0 Å². The van der Waals surface area contributed by atoms with Crippen molar-refractivity contribution in [3.05, 3.63) is 77.7 Å². The number of oxazole rings is 1. The second kappa shape index (κ2) is 10.1. The lowest BCUT2D eigenvalue weighted by molar-refractivity contribution is -0.184. The molecule has 1 aromatic heterocycles. The molecule has 1 atom stereocenters. The summed E-state index contributed by atoms with van der Waals surface area (Å²) in [6.45, 7) is 0.254. The number of nitrogens with one attached hydrogen (secondary N) is 1. The minimum Gasteiger partial charge on any atom is -0.444 e. The van der Waals surface area contributed by atoms with E-state index in [1.807, 2.05) is 42.5 Å². The Morgan fingerprint density at radius 3 is 2.50 bits per heavy atom. The first kappa shape index (κ1) is 23.5. The summed E-state index contributed by atoms with van der Waals surface area (Å²) < 4.78 is 44.5. The Labute approximate surface area is 194 Å². The van der Waals surface area contributed by atoms with E-state index in [2.05, 4.69) is 10.3 Å². The fourth-order valence-corrected chi connectivity index (χ4v) is 3.90. The summed E-state index contributed by atoms with van der Waals surface area (Å²) in [6, 6.07) is 16.6. The van der Waals surface area contributed by atoms with Crippen molar-refractivity contribution >= 4 is 11.8 Å². The van der Waals surface area contributed by atoms with Crippen LogP contribution in [0.3, 0.4) is 0 Å². The van der Waals surface area contributed by atoms with Gasteiger partial charge in [-0.25, -0.2) is 4.98 Å². The highest BCUT2D eigenvalue weighted by molar-refractivity contribution is 5.92. The molecule has 0 radical (unpaired) electrons. The lowest BCUT2D eigenvalue weighted by atomic mass is 9.97. The van der Waals surface area contributed by atoms with E-state index in [-0.39, 0.29) is 37.0 Å². The van der Waals surface area contributed by atoms with Crippen LogP contribution < -0.4 is 5.32 Å². The maximum absolute atomic E-state index is 13.0. The van der Waals surface area contributed by atoms with Gasteiger partial charge in [-0.05, 0) is 36.1 Å². The number of hydrogen-bond donors (Lipinski definition) is 1. The largest absolute Gasteiger partial charge is 0.444 e. The zero-order chi connectivity index (χ0) is 24.1. The van der Waals surface area contributed by atoms with Crippen LogP contribution >= 0.6 is 0 Å². The molecule has 0 spiro atoms. The smallest absolute Gasteiger partial charge is 0.393 e. The number of aromatic nitrogens is 1. The maximum atomic E-state index is 13.0. The van der Waals surface area contributed by atoms with E-state index in [0.717, 1.165) is 11.1 Å². The van der Waals surface area contributed by atoms with Crippen molar-refractivity contribution in [3.8, 4) is 11.5 Å². The molecule has 2 aromatic carbocycles. The van der Waals surface area contributed by atoms with Crippen LogP contribution in [0.4, 0.5) is 13.2 Å². The number of hydrogen-bond acceptors (Lipinski definition) is 4. The van der Waals surface area contributed by atoms with Gasteiger partial charge in [-0.3, -0.25) is 9.59 Å². The van der Waals surface area contributed by atoms with Crippen molar-refractivity contribution in [2.24, 2.45) is 5.92 Å². The first-order valence-electron chi connectivity index (χ1n) is 11.0. The summed E-state index contributed by atoms with van der Waals surface area (Å²) in [4.78, 5) is 30.1. The van der Waals surface area contributed by atoms with Crippen LogP contribution in [-0.4, -0.2) is 41.0 Å². The zero-order valence-corrected chi connectivity index (χ0v) is 18.3. The number of carbonyl (C=O) groups excluding carboxylic acids is 2. The average Bonchev–Trinajstić information content (AvgIpc) is 3.33. The predicted molar refractivity (Wildman–Crippen MR) is 119 cm³/mol. The normalized spacial score (nSPS) is 16.3. The molecule has 0 aliphatic carbocycles. The third-order valence-electron chi connectivity index (χ3n) is 5.79. The lowest BCUT2D eigenvalue weighted by Gasteiger charge is -2.33. The molecule has 34 heavy (non-hydrogen) atoms. The number of carbonyl (C=O) groups is 2. The van der Waals surface area contributed by atoms with Crippen molar-refractivity contribution < 1.29 is 27.2 Å². The molecule has 1 aliphatic heterocycles. The van der Waals surface area contributed by atoms with Crippen molar-refractivity contribution in [3.63, 3.8) is 0 Å². The molecule has 1 saturated heterocycles. The molecule has 1 aliphatic rings. The van der Waals surface area contributed by atoms with Crippen LogP contribution in [0, 0.1) is 5.92 Å². The standard InChI is InChI=1S/C25H24F3N3O3/c26-25(27,28)20-7-4-12-31(15-20)24(33)21-16-34-23(30-21)19-10-8-18(9-11-19)14-29-22(32)13-17-5-2-1-3-6-17/h1-3,5-6,8-11,16,20H,4,7,12-15H2,(H,29,32). The second-order valence-corrected chi connectivity index (χ2v) is 8.31. The average molecular weight is 471 g/mol. The number of benzene rings is 2. The highest BCUT2D eigenvalue weighted by Gasteiger charge is 2.43. The van der Waals surface area contributed by atoms with Gasteiger partial charge in [0.05, 0.1) is 12.3 Å². The quantitative estimate of drug-likeness (QED) is 0.570. The number of halogens is 3.